The first-order valence-electron chi connectivity index (χ1n) is 8.20. The lowest BCUT2D eigenvalue weighted by Crippen LogP contribution is -2.43. The highest BCUT2D eigenvalue weighted by molar-refractivity contribution is 9.10. The van der Waals surface area contributed by atoms with Gasteiger partial charge in [-0.15, -0.1) is 0 Å². The Kier molecular flexibility index (Phi) is 6.81. The minimum atomic E-state index is -1.41. The van der Waals surface area contributed by atoms with Crippen LogP contribution in [0, 0.1) is 5.92 Å². The topological polar surface area (TPSA) is 97.5 Å². The number of nitrogen functional groups attached to an aromatic ring is 1. The maximum Gasteiger partial charge on any atom is 0.410 e. The molecule has 2 rings (SSSR count). The number of hydrogen-bond donors (Lipinski definition) is 2. The number of aromatic nitrogens is 1. The summed E-state index contributed by atoms with van der Waals surface area (Å²) in [5.74, 6) is 0.609. The molecule has 1 aliphatic heterocycles. The minimum absolute atomic E-state index is 0.258. The van der Waals surface area contributed by atoms with Crippen LogP contribution in [0.25, 0.3) is 0 Å². The van der Waals surface area contributed by atoms with E-state index >= 15 is 0 Å². The summed E-state index contributed by atoms with van der Waals surface area (Å²) in [5, 5.41) is 0. The molecule has 1 unspecified atom stereocenters. The first-order valence-corrected chi connectivity index (χ1v) is 10.1. The van der Waals surface area contributed by atoms with E-state index in [0.717, 1.165) is 17.3 Å². The number of pyridine rings is 1. The number of ether oxygens (including phenoxy) is 1. The Hall–Kier alpha value is -1.19. The fourth-order valence-corrected chi connectivity index (χ4v) is 4.00. The molecule has 140 valence electrons. The van der Waals surface area contributed by atoms with Gasteiger partial charge in [0, 0.05) is 30.3 Å². The molecule has 1 saturated heterocycles. The van der Waals surface area contributed by atoms with Crippen LogP contribution in [0.1, 0.15) is 33.6 Å². The van der Waals surface area contributed by atoms with Crippen molar-refractivity contribution in [1.82, 2.24) is 14.6 Å². The average molecular weight is 433 g/mol. The maximum absolute atomic E-state index is 12.4. The Labute approximate surface area is 159 Å². The number of piperidine rings is 1. The third kappa shape index (κ3) is 6.23. The summed E-state index contributed by atoms with van der Waals surface area (Å²) < 4.78 is 21.5. The van der Waals surface area contributed by atoms with Crippen molar-refractivity contribution in [2.45, 2.75) is 44.1 Å². The number of nitrogens with zero attached hydrogens (tertiary/aromatic N) is 2. The lowest BCUT2D eigenvalue weighted by Gasteiger charge is -2.33. The van der Waals surface area contributed by atoms with E-state index in [1.165, 1.54) is 0 Å². The van der Waals surface area contributed by atoms with Crippen molar-refractivity contribution >= 4 is 38.8 Å². The van der Waals surface area contributed by atoms with E-state index in [1.807, 2.05) is 20.8 Å². The van der Waals surface area contributed by atoms with Gasteiger partial charge in [-0.25, -0.2) is 18.7 Å². The molecule has 3 N–H and O–H groups in total. The number of rotatable bonds is 4. The minimum Gasteiger partial charge on any atom is -0.444 e. The lowest BCUT2D eigenvalue weighted by atomic mass is 9.97. The predicted molar refractivity (Wildman–Crippen MR) is 101 cm³/mol. The standard InChI is InChI=1S/C16H25BrN4O3S/c1-16(2,3)24-15(22)21-6-4-11(5-7-21)9-20-25(23)13-8-12(17)10-19-14(13)18/h8,10-11,20H,4-7,9H2,1-3H3,(H2,18,19). The highest BCUT2D eigenvalue weighted by atomic mass is 79.9. The summed E-state index contributed by atoms with van der Waals surface area (Å²) in [7, 11) is -1.41. The van der Waals surface area contributed by atoms with Gasteiger partial charge in [0.1, 0.15) is 22.4 Å². The summed E-state index contributed by atoms with van der Waals surface area (Å²) >= 11 is 3.30. The summed E-state index contributed by atoms with van der Waals surface area (Å²) in [4.78, 5) is 18.3. The molecule has 1 aliphatic rings. The second-order valence-corrected chi connectivity index (χ2v) is 9.25. The first kappa shape index (κ1) is 20.1. The van der Waals surface area contributed by atoms with Gasteiger partial charge in [0.2, 0.25) is 0 Å². The Bertz CT molecular complexity index is 643. The molecule has 0 radical (unpaired) electrons. The number of anilines is 1. The summed E-state index contributed by atoms with van der Waals surface area (Å²) in [6, 6.07) is 1.70. The van der Waals surface area contributed by atoms with Crippen LogP contribution >= 0.6 is 15.9 Å². The highest BCUT2D eigenvalue weighted by Gasteiger charge is 2.27. The van der Waals surface area contributed by atoms with E-state index in [4.69, 9.17) is 10.5 Å². The van der Waals surface area contributed by atoms with E-state index in [0.29, 0.717) is 30.4 Å². The molecule has 0 aliphatic carbocycles. The normalized spacial score (nSPS) is 17.4. The van der Waals surface area contributed by atoms with Gasteiger partial charge in [0.05, 0.1) is 4.90 Å². The molecule has 1 fully saturated rings. The van der Waals surface area contributed by atoms with Crippen molar-refractivity contribution in [3.63, 3.8) is 0 Å². The molecule has 1 atom stereocenters. The molecular weight excluding hydrogens is 408 g/mol. The Balaban J connectivity index is 1.79. The van der Waals surface area contributed by atoms with Gasteiger partial charge in [-0.1, -0.05) is 0 Å². The molecule has 9 heteroatoms. The first-order chi connectivity index (χ1) is 11.7. The largest absolute Gasteiger partial charge is 0.444 e. The van der Waals surface area contributed by atoms with Gasteiger partial charge >= 0.3 is 6.09 Å². The van der Waals surface area contributed by atoms with Gasteiger partial charge in [-0.05, 0) is 61.5 Å². The Morgan fingerprint density at radius 3 is 2.72 bits per heavy atom. The van der Waals surface area contributed by atoms with Crippen LogP contribution in [-0.4, -0.2) is 45.4 Å². The SMILES string of the molecule is CC(C)(C)OC(=O)N1CCC(CNS(=O)c2cc(Br)cnc2N)CC1. The molecule has 1 aromatic rings. The zero-order valence-electron chi connectivity index (χ0n) is 14.8. The van der Waals surface area contributed by atoms with Gasteiger partial charge in [0.15, 0.2) is 0 Å². The molecule has 7 nitrogen and oxygen atoms in total. The third-order valence-corrected chi connectivity index (χ3v) is 5.41. The van der Waals surface area contributed by atoms with E-state index in [9.17, 15) is 9.00 Å². The summed E-state index contributed by atoms with van der Waals surface area (Å²) in [6.07, 6.45) is 2.99. The highest BCUT2D eigenvalue weighted by Crippen LogP contribution is 2.21. The van der Waals surface area contributed by atoms with Crippen LogP contribution in [0.4, 0.5) is 10.6 Å². The van der Waals surface area contributed by atoms with Gasteiger partial charge in [-0.2, -0.15) is 0 Å². The van der Waals surface area contributed by atoms with Crippen LogP contribution in [0.5, 0.6) is 0 Å². The van der Waals surface area contributed by atoms with E-state index in [2.05, 4.69) is 25.6 Å². The number of nitrogens with one attached hydrogen (secondary N) is 1. The van der Waals surface area contributed by atoms with Gasteiger partial charge < -0.3 is 15.4 Å². The van der Waals surface area contributed by atoms with Crippen molar-refractivity contribution in [1.29, 1.82) is 0 Å². The fraction of sp³-hybridized carbons (Fsp3) is 0.625. The molecule has 0 aromatic carbocycles. The zero-order chi connectivity index (χ0) is 18.6. The molecule has 0 saturated carbocycles. The third-order valence-electron chi connectivity index (χ3n) is 3.82. The molecule has 1 aromatic heterocycles. The zero-order valence-corrected chi connectivity index (χ0v) is 17.2. The number of hydrogen-bond acceptors (Lipinski definition) is 5. The smallest absolute Gasteiger partial charge is 0.410 e. The number of likely N-dealkylation sites (tertiary alicyclic amines) is 1. The monoisotopic (exact) mass is 432 g/mol. The van der Waals surface area contributed by atoms with Crippen molar-refractivity contribution in [2.24, 2.45) is 5.92 Å². The van der Waals surface area contributed by atoms with Gasteiger partial charge in [-0.3, -0.25) is 0 Å². The van der Waals surface area contributed by atoms with Crippen LogP contribution in [0.15, 0.2) is 21.6 Å². The predicted octanol–water partition coefficient (Wildman–Crippen LogP) is 2.69. The molecule has 0 spiro atoms. The van der Waals surface area contributed by atoms with Crippen molar-refractivity contribution in [3.05, 3.63) is 16.7 Å². The molecule has 2 heterocycles. The van der Waals surface area contributed by atoms with Gasteiger partial charge in [0.25, 0.3) is 0 Å². The lowest BCUT2D eigenvalue weighted by molar-refractivity contribution is 0.0185. The van der Waals surface area contributed by atoms with Crippen LogP contribution in [0.3, 0.4) is 0 Å². The second kappa shape index (κ2) is 8.46. The molecular formula is C16H25BrN4O3S. The number of amides is 1. The fourth-order valence-electron chi connectivity index (χ4n) is 2.50. The Morgan fingerprint density at radius 1 is 1.48 bits per heavy atom. The molecule has 25 heavy (non-hydrogen) atoms. The average Bonchev–Trinajstić information content (AvgIpc) is 2.53. The number of nitrogens with two attached hydrogens (primary N) is 1. The van der Waals surface area contributed by atoms with Crippen molar-refractivity contribution in [3.8, 4) is 0 Å². The second-order valence-electron chi connectivity index (χ2n) is 7.06. The van der Waals surface area contributed by atoms with E-state index in [-0.39, 0.29) is 11.9 Å². The van der Waals surface area contributed by atoms with Crippen molar-refractivity contribution in [2.75, 3.05) is 25.4 Å². The summed E-state index contributed by atoms with van der Waals surface area (Å²) in [5.41, 5.74) is 5.30. The number of halogens is 1. The van der Waals surface area contributed by atoms with E-state index < -0.39 is 16.6 Å². The number of carbonyl (C=O) groups is 1. The van der Waals surface area contributed by atoms with Crippen LogP contribution < -0.4 is 10.5 Å². The van der Waals surface area contributed by atoms with Crippen LogP contribution in [0.2, 0.25) is 0 Å². The molecule has 1 amide bonds. The quantitative estimate of drug-likeness (QED) is 0.761. The van der Waals surface area contributed by atoms with Crippen molar-refractivity contribution < 1.29 is 13.7 Å². The maximum atomic E-state index is 12.4. The van der Waals surface area contributed by atoms with Crippen LogP contribution in [-0.2, 0) is 15.7 Å². The summed E-state index contributed by atoms with van der Waals surface area (Å²) in [6.45, 7) is 7.47. The Morgan fingerprint density at radius 2 is 2.12 bits per heavy atom. The molecule has 0 bridgehead atoms. The number of carbonyl (C=O) groups excluding carboxylic acids is 1. The van der Waals surface area contributed by atoms with E-state index in [1.54, 1.807) is 17.2 Å².